The van der Waals surface area contributed by atoms with Gasteiger partial charge >= 0.3 is 0 Å². The van der Waals surface area contributed by atoms with E-state index in [-0.39, 0.29) is 18.0 Å². The fourth-order valence-electron chi connectivity index (χ4n) is 2.45. The van der Waals surface area contributed by atoms with Gasteiger partial charge in [0.2, 0.25) is 5.91 Å². The quantitative estimate of drug-likeness (QED) is 0.859. The van der Waals surface area contributed by atoms with Gasteiger partial charge in [0.25, 0.3) is 0 Å². The van der Waals surface area contributed by atoms with Gasteiger partial charge in [-0.05, 0) is 44.4 Å². The van der Waals surface area contributed by atoms with Crippen molar-refractivity contribution in [1.29, 1.82) is 0 Å². The molecule has 1 aliphatic rings. The number of carbonyl (C=O) groups excluding carboxylic acids is 1. The molecule has 1 heterocycles. The Kier molecular flexibility index (Phi) is 4.24. The van der Waals surface area contributed by atoms with Crippen LogP contribution in [0.4, 0.5) is 0 Å². The maximum absolute atomic E-state index is 12.0. The van der Waals surface area contributed by atoms with Crippen LogP contribution in [0.1, 0.15) is 38.3 Å². The first-order chi connectivity index (χ1) is 10.6. The summed E-state index contributed by atoms with van der Waals surface area (Å²) in [7, 11) is 0. The monoisotopic (exact) mass is 298 g/mol. The molecule has 1 aromatic heterocycles. The summed E-state index contributed by atoms with van der Waals surface area (Å²) in [5, 5.41) is 6.38. The van der Waals surface area contributed by atoms with E-state index in [0.717, 1.165) is 24.1 Å². The summed E-state index contributed by atoms with van der Waals surface area (Å²) in [4.78, 5) is 16.0. The van der Waals surface area contributed by atoms with Crippen LogP contribution in [-0.2, 0) is 4.79 Å². The molecule has 2 aromatic rings. The zero-order chi connectivity index (χ0) is 15.5. The molecule has 116 valence electrons. The highest BCUT2D eigenvalue weighted by atomic mass is 16.2. The minimum absolute atomic E-state index is 0.0874. The Bertz CT molecular complexity index is 617. The number of nitrogens with one attached hydrogen (secondary N) is 2. The van der Waals surface area contributed by atoms with E-state index in [1.165, 1.54) is 0 Å². The van der Waals surface area contributed by atoms with Crippen molar-refractivity contribution in [1.82, 2.24) is 20.2 Å². The van der Waals surface area contributed by atoms with Crippen LogP contribution in [0.5, 0.6) is 0 Å². The summed E-state index contributed by atoms with van der Waals surface area (Å²) in [6.07, 6.45) is 7.69. The minimum Gasteiger partial charge on any atom is -0.352 e. The summed E-state index contributed by atoms with van der Waals surface area (Å²) < 4.78 is 1.97. The number of nitrogens with zero attached hydrogens (tertiary/aromatic N) is 2. The predicted molar refractivity (Wildman–Crippen MR) is 85.7 cm³/mol. The van der Waals surface area contributed by atoms with Gasteiger partial charge in [0.05, 0.1) is 12.4 Å². The van der Waals surface area contributed by atoms with Gasteiger partial charge in [-0.15, -0.1) is 0 Å². The maximum Gasteiger partial charge on any atom is 0.237 e. The smallest absolute Gasteiger partial charge is 0.237 e. The lowest BCUT2D eigenvalue weighted by Crippen LogP contribution is -2.43. The van der Waals surface area contributed by atoms with Crippen LogP contribution in [0.15, 0.2) is 43.0 Å². The third kappa shape index (κ3) is 3.54. The standard InChI is InChI=1S/C17H22N4O/c1-12(19-13(2)17(22)20-15-5-6-15)14-3-7-16(8-4-14)21-10-9-18-11-21/h3-4,7-13,15,19H,5-6H2,1-2H3,(H,20,22). The van der Waals surface area contributed by atoms with Crippen molar-refractivity contribution in [2.45, 2.75) is 44.8 Å². The summed E-state index contributed by atoms with van der Waals surface area (Å²) in [6.45, 7) is 3.99. The number of aromatic nitrogens is 2. The van der Waals surface area contributed by atoms with Crippen molar-refractivity contribution in [2.24, 2.45) is 0 Å². The van der Waals surface area contributed by atoms with Crippen molar-refractivity contribution >= 4 is 5.91 Å². The molecule has 22 heavy (non-hydrogen) atoms. The topological polar surface area (TPSA) is 59.0 Å². The SMILES string of the molecule is CC(NC(C)c1ccc(-n2ccnc2)cc1)C(=O)NC1CC1. The Hall–Kier alpha value is -2.14. The van der Waals surface area contributed by atoms with Crippen LogP contribution in [0.3, 0.4) is 0 Å². The molecule has 0 saturated heterocycles. The molecular formula is C17H22N4O. The highest BCUT2D eigenvalue weighted by molar-refractivity contribution is 5.81. The largest absolute Gasteiger partial charge is 0.352 e. The van der Waals surface area contributed by atoms with Crippen molar-refractivity contribution in [3.05, 3.63) is 48.5 Å². The molecule has 0 radical (unpaired) electrons. The number of hydrogen-bond acceptors (Lipinski definition) is 3. The van der Waals surface area contributed by atoms with Gasteiger partial charge in [-0.1, -0.05) is 12.1 Å². The molecule has 2 unspecified atom stereocenters. The van der Waals surface area contributed by atoms with Gasteiger partial charge < -0.3 is 9.88 Å². The summed E-state index contributed by atoms with van der Waals surface area (Å²) >= 11 is 0. The molecule has 2 atom stereocenters. The van der Waals surface area contributed by atoms with Crippen LogP contribution in [0.2, 0.25) is 0 Å². The van der Waals surface area contributed by atoms with Crippen molar-refractivity contribution in [3.63, 3.8) is 0 Å². The Morgan fingerprint density at radius 3 is 2.59 bits per heavy atom. The van der Waals surface area contributed by atoms with E-state index >= 15 is 0 Å². The molecule has 5 nitrogen and oxygen atoms in total. The van der Waals surface area contributed by atoms with E-state index in [4.69, 9.17) is 0 Å². The van der Waals surface area contributed by atoms with Gasteiger partial charge in [0, 0.05) is 30.2 Å². The molecule has 1 aromatic carbocycles. The predicted octanol–water partition coefficient (Wildman–Crippen LogP) is 2.19. The molecule has 0 bridgehead atoms. The first kappa shape index (κ1) is 14.8. The number of amides is 1. The van der Waals surface area contributed by atoms with Gasteiger partial charge in [0.15, 0.2) is 0 Å². The Balaban J connectivity index is 1.59. The van der Waals surface area contributed by atoms with Crippen LogP contribution in [0.25, 0.3) is 5.69 Å². The number of imidazole rings is 1. The van der Waals surface area contributed by atoms with E-state index < -0.39 is 0 Å². The summed E-state index contributed by atoms with van der Waals surface area (Å²) in [5.74, 6) is 0.0874. The van der Waals surface area contributed by atoms with Crippen LogP contribution in [0, 0.1) is 0 Å². The first-order valence-corrected chi connectivity index (χ1v) is 7.78. The minimum atomic E-state index is -0.191. The normalized spacial score (nSPS) is 17.0. The molecule has 0 spiro atoms. The lowest BCUT2D eigenvalue weighted by Gasteiger charge is -2.20. The second kappa shape index (κ2) is 6.32. The number of carbonyl (C=O) groups is 1. The van der Waals surface area contributed by atoms with Crippen molar-refractivity contribution < 1.29 is 4.79 Å². The van der Waals surface area contributed by atoms with Crippen molar-refractivity contribution in [2.75, 3.05) is 0 Å². The van der Waals surface area contributed by atoms with E-state index in [1.54, 1.807) is 12.5 Å². The van der Waals surface area contributed by atoms with Gasteiger partial charge in [-0.3, -0.25) is 10.1 Å². The average Bonchev–Trinajstić information content (AvgIpc) is 3.17. The Morgan fingerprint density at radius 1 is 1.27 bits per heavy atom. The van der Waals surface area contributed by atoms with Gasteiger partial charge in [0.1, 0.15) is 0 Å². The average molecular weight is 298 g/mol. The second-order valence-electron chi connectivity index (χ2n) is 5.95. The summed E-state index contributed by atoms with van der Waals surface area (Å²) in [5.41, 5.74) is 2.24. The lowest BCUT2D eigenvalue weighted by atomic mass is 10.1. The third-order valence-electron chi connectivity index (χ3n) is 4.01. The van der Waals surface area contributed by atoms with Gasteiger partial charge in [-0.25, -0.2) is 4.98 Å². The highest BCUT2D eigenvalue weighted by Crippen LogP contribution is 2.19. The second-order valence-corrected chi connectivity index (χ2v) is 5.95. The van der Waals surface area contributed by atoms with E-state index in [1.807, 2.05) is 17.7 Å². The number of rotatable bonds is 6. The molecular weight excluding hydrogens is 276 g/mol. The molecule has 1 saturated carbocycles. The molecule has 0 aliphatic heterocycles. The highest BCUT2D eigenvalue weighted by Gasteiger charge is 2.26. The molecule has 3 rings (SSSR count). The van der Waals surface area contributed by atoms with E-state index in [0.29, 0.717) is 6.04 Å². The Labute approximate surface area is 130 Å². The van der Waals surface area contributed by atoms with E-state index in [9.17, 15) is 4.79 Å². The lowest BCUT2D eigenvalue weighted by molar-refractivity contribution is -0.123. The summed E-state index contributed by atoms with van der Waals surface area (Å²) in [6, 6.07) is 8.62. The van der Waals surface area contributed by atoms with Crippen LogP contribution >= 0.6 is 0 Å². The fraction of sp³-hybridized carbons (Fsp3) is 0.412. The maximum atomic E-state index is 12.0. The van der Waals surface area contributed by atoms with Gasteiger partial charge in [-0.2, -0.15) is 0 Å². The fourth-order valence-corrected chi connectivity index (χ4v) is 2.45. The zero-order valence-electron chi connectivity index (χ0n) is 13.0. The number of benzene rings is 1. The van der Waals surface area contributed by atoms with Crippen LogP contribution < -0.4 is 10.6 Å². The molecule has 2 N–H and O–H groups in total. The number of hydrogen-bond donors (Lipinski definition) is 2. The molecule has 5 heteroatoms. The molecule has 1 amide bonds. The molecule has 1 aliphatic carbocycles. The molecule has 1 fully saturated rings. The third-order valence-corrected chi connectivity index (χ3v) is 4.01. The first-order valence-electron chi connectivity index (χ1n) is 7.78. The Morgan fingerprint density at radius 2 is 2.00 bits per heavy atom. The zero-order valence-corrected chi connectivity index (χ0v) is 13.0. The van der Waals surface area contributed by atoms with Crippen molar-refractivity contribution in [3.8, 4) is 5.69 Å². The van der Waals surface area contributed by atoms with E-state index in [2.05, 4.69) is 46.8 Å². The van der Waals surface area contributed by atoms with Crippen LogP contribution in [-0.4, -0.2) is 27.5 Å².